The maximum Gasteiger partial charge on any atom is 0.250 e. The van der Waals surface area contributed by atoms with Gasteiger partial charge in [-0.1, -0.05) is 20.8 Å². The van der Waals surface area contributed by atoms with E-state index >= 15 is 0 Å². The average molecular weight is 481 g/mol. The number of halogens is 2. The summed E-state index contributed by atoms with van der Waals surface area (Å²) in [6.45, 7) is 12.5. The summed E-state index contributed by atoms with van der Waals surface area (Å²) >= 11 is 0. The largest absolute Gasteiger partial charge is 0.393 e. The van der Waals surface area contributed by atoms with Gasteiger partial charge in [0.25, 0.3) is 5.92 Å². The summed E-state index contributed by atoms with van der Waals surface area (Å²) in [4.78, 5) is 0. The van der Waals surface area contributed by atoms with Crippen LogP contribution in [0.2, 0.25) is 0 Å². The second kappa shape index (κ2) is 6.59. The van der Waals surface area contributed by atoms with Gasteiger partial charge in [-0.05, 0) is 112 Å². The number of ether oxygens (including phenoxy) is 1. The maximum atomic E-state index is 14.7. The van der Waals surface area contributed by atoms with Crippen molar-refractivity contribution in [2.45, 2.75) is 135 Å². The molecule has 6 aliphatic rings. The fraction of sp³-hybridized carbons (Fsp3) is 1.00. The maximum absolute atomic E-state index is 14.7. The van der Waals surface area contributed by atoms with Gasteiger partial charge in [0.05, 0.1) is 23.4 Å². The third-order valence-corrected chi connectivity index (χ3v) is 13.4. The van der Waals surface area contributed by atoms with E-state index in [9.17, 15) is 19.0 Å². The summed E-state index contributed by atoms with van der Waals surface area (Å²) in [5.74, 6) is -2.32. The summed E-state index contributed by atoms with van der Waals surface area (Å²) in [6.07, 6.45) is 7.85. The molecule has 0 amide bonds. The Morgan fingerprint density at radius 1 is 0.882 bits per heavy atom. The van der Waals surface area contributed by atoms with Crippen molar-refractivity contribution in [2.75, 3.05) is 0 Å². The van der Waals surface area contributed by atoms with Gasteiger partial charge in [0, 0.05) is 18.3 Å². The molecular weight excluding hydrogens is 434 g/mol. The lowest BCUT2D eigenvalue weighted by Crippen LogP contribution is -2.58. The summed E-state index contributed by atoms with van der Waals surface area (Å²) in [7, 11) is 0. The number of hydrogen-bond acceptors (Lipinski definition) is 3. The number of aliphatic hydroxyl groups excluding tert-OH is 1. The molecule has 5 saturated carbocycles. The summed E-state index contributed by atoms with van der Waals surface area (Å²) in [5.41, 5.74) is -1.07. The first-order valence-electron chi connectivity index (χ1n) is 14.0. The van der Waals surface area contributed by atoms with Gasteiger partial charge in [0.15, 0.2) is 0 Å². The highest BCUT2D eigenvalue weighted by Gasteiger charge is 2.83. The predicted molar refractivity (Wildman–Crippen MR) is 127 cm³/mol. The SMILES string of the molecule is CC1C2CCC3C4(CCC5(C)C(C6(C)CCC(C(C)(C)O)O6)C(O)C[C@@]35C)CC24CCC1(F)F. The minimum Gasteiger partial charge on any atom is -0.393 e. The third-order valence-electron chi connectivity index (χ3n) is 13.4. The van der Waals surface area contributed by atoms with E-state index in [1.807, 2.05) is 20.8 Å². The molecule has 1 heterocycles. The second-order valence-corrected chi connectivity index (χ2v) is 15.0. The zero-order valence-electron chi connectivity index (χ0n) is 22.1. The number of rotatable bonds is 2. The summed E-state index contributed by atoms with van der Waals surface area (Å²) < 4.78 is 36.0. The van der Waals surface area contributed by atoms with Crippen LogP contribution in [0.1, 0.15) is 106 Å². The highest BCUT2D eigenvalue weighted by Crippen LogP contribution is 2.89. The van der Waals surface area contributed by atoms with Gasteiger partial charge in [0.2, 0.25) is 0 Å². The van der Waals surface area contributed by atoms with Gasteiger partial charge in [-0.25, -0.2) is 8.78 Å². The lowest BCUT2D eigenvalue weighted by Gasteiger charge is -2.62. The number of fused-ring (bicyclic) bond motifs is 2. The van der Waals surface area contributed by atoms with Crippen LogP contribution >= 0.6 is 0 Å². The first-order valence-corrected chi connectivity index (χ1v) is 14.0. The average Bonchev–Trinajstić information content (AvgIpc) is 3.12. The number of aliphatic hydroxyl groups is 2. The Morgan fingerprint density at radius 2 is 1.56 bits per heavy atom. The molecule has 10 unspecified atom stereocenters. The van der Waals surface area contributed by atoms with Gasteiger partial charge in [-0.3, -0.25) is 0 Å². The van der Waals surface area contributed by atoms with Crippen molar-refractivity contribution in [1.29, 1.82) is 0 Å². The highest BCUT2D eigenvalue weighted by molar-refractivity contribution is 5.31. The summed E-state index contributed by atoms with van der Waals surface area (Å²) in [5, 5.41) is 22.3. The Labute approximate surface area is 204 Å². The van der Waals surface area contributed by atoms with E-state index in [1.165, 1.54) is 0 Å². The van der Waals surface area contributed by atoms with Gasteiger partial charge in [0.1, 0.15) is 0 Å². The van der Waals surface area contributed by atoms with E-state index < -0.39 is 29.1 Å². The van der Waals surface area contributed by atoms with Gasteiger partial charge >= 0.3 is 0 Å². The molecule has 0 aromatic carbocycles. The van der Waals surface area contributed by atoms with Crippen LogP contribution in [-0.4, -0.2) is 39.5 Å². The van der Waals surface area contributed by atoms with Crippen molar-refractivity contribution >= 4 is 0 Å². The lowest BCUT2D eigenvalue weighted by molar-refractivity contribution is -0.199. The van der Waals surface area contributed by atoms with Crippen molar-refractivity contribution < 1.29 is 23.7 Å². The lowest BCUT2D eigenvalue weighted by atomic mass is 9.42. The topological polar surface area (TPSA) is 49.7 Å². The van der Waals surface area contributed by atoms with Crippen molar-refractivity contribution in [2.24, 2.45) is 45.3 Å². The van der Waals surface area contributed by atoms with Crippen LogP contribution in [0.4, 0.5) is 8.78 Å². The molecule has 34 heavy (non-hydrogen) atoms. The van der Waals surface area contributed by atoms with Gasteiger partial charge in [-0.15, -0.1) is 0 Å². The van der Waals surface area contributed by atoms with Crippen LogP contribution in [0, 0.1) is 45.3 Å². The van der Waals surface area contributed by atoms with Crippen LogP contribution in [0.15, 0.2) is 0 Å². The van der Waals surface area contributed by atoms with Crippen LogP contribution in [0.25, 0.3) is 0 Å². The van der Waals surface area contributed by atoms with Crippen molar-refractivity contribution in [1.82, 2.24) is 0 Å². The van der Waals surface area contributed by atoms with E-state index in [0.29, 0.717) is 12.3 Å². The Morgan fingerprint density at radius 3 is 2.21 bits per heavy atom. The normalized spacial score (nSPS) is 60.2. The van der Waals surface area contributed by atoms with E-state index in [-0.39, 0.29) is 46.0 Å². The van der Waals surface area contributed by atoms with Crippen molar-refractivity contribution in [3.05, 3.63) is 0 Å². The van der Waals surface area contributed by atoms with E-state index in [2.05, 4.69) is 20.8 Å². The molecule has 11 atom stereocenters. The zero-order valence-corrected chi connectivity index (χ0v) is 22.1. The fourth-order valence-electron chi connectivity index (χ4n) is 11.7. The minimum absolute atomic E-state index is 0.00774. The Balaban J connectivity index is 1.33. The molecule has 0 aromatic rings. The molecule has 3 nitrogen and oxygen atoms in total. The Bertz CT molecular complexity index is 885. The molecular formula is C29H46F2O3. The van der Waals surface area contributed by atoms with Crippen LogP contribution in [0.3, 0.4) is 0 Å². The smallest absolute Gasteiger partial charge is 0.250 e. The molecule has 5 heteroatoms. The van der Waals surface area contributed by atoms with Gasteiger partial charge in [-0.2, -0.15) is 0 Å². The van der Waals surface area contributed by atoms with Crippen LogP contribution < -0.4 is 0 Å². The Kier molecular flexibility index (Phi) is 4.67. The second-order valence-electron chi connectivity index (χ2n) is 15.0. The molecule has 1 aliphatic heterocycles. The van der Waals surface area contributed by atoms with E-state index in [0.717, 1.165) is 51.4 Å². The van der Waals surface area contributed by atoms with E-state index in [1.54, 1.807) is 0 Å². The van der Waals surface area contributed by atoms with Crippen molar-refractivity contribution in [3.63, 3.8) is 0 Å². The molecule has 0 bridgehead atoms. The van der Waals surface area contributed by atoms with Gasteiger partial charge < -0.3 is 14.9 Å². The first-order chi connectivity index (χ1) is 15.6. The molecule has 6 rings (SSSR count). The minimum atomic E-state index is -2.51. The molecule has 2 spiro atoms. The molecule has 0 radical (unpaired) electrons. The van der Waals surface area contributed by atoms with E-state index in [4.69, 9.17) is 4.74 Å². The number of alkyl halides is 2. The van der Waals surface area contributed by atoms with Crippen LogP contribution in [0.5, 0.6) is 0 Å². The first kappa shape index (κ1) is 24.1. The Hall–Kier alpha value is -0.260. The van der Waals surface area contributed by atoms with Crippen molar-refractivity contribution in [3.8, 4) is 0 Å². The summed E-state index contributed by atoms with van der Waals surface area (Å²) in [6, 6.07) is 0. The predicted octanol–water partition coefficient (Wildman–Crippen LogP) is 6.35. The highest BCUT2D eigenvalue weighted by atomic mass is 19.3. The molecule has 1 saturated heterocycles. The molecule has 6 fully saturated rings. The molecule has 0 aromatic heterocycles. The van der Waals surface area contributed by atoms with Crippen LogP contribution in [-0.2, 0) is 4.74 Å². The standard InChI is InChI=1S/C29H46F2O3/c1-17-18-7-8-20-25(5)15-19(32)22(26(6)10-9-21(34-26)23(2,3)33)24(25,4)11-12-28(20)16-27(18,28)13-14-29(17,30)31/h17-22,32-33H,7-16H2,1-6H3/t17?,18?,19?,20?,21?,22?,24?,25-,26?,27?,28?/m0/s1. The fourth-order valence-corrected chi connectivity index (χ4v) is 11.7. The molecule has 5 aliphatic carbocycles. The quantitative estimate of drug-likeness (QED) is 0.484. The molecule has 2 N–H and O–H groups in total. The number of hydrogen-bond donors (Lipinski definition) is 2. The third kappa shape index (κ3) is 2.63. The zero-order chi connectivity index (χ0) is 24.7. The monoisotopic (exact) mass is 480 g/mol. The molecule has 194 valence electrons.